The van der Waals surface area contributed by atoms with Crippen LogP contribution in [0.25, 0.3) is 32.1 Å². The molecule has 0 saturated carbocycles. The summed E-state index contributed by atoms with van der Waals surface area (Å²) < 4.78 is 15.8. The summed E-state index contributed by atoms with van der Waals surface area (Å²) in [4.78, 5) is 59.4. The van der Waals surface area contributed by atoms with Gasteiger partial charge >= 0.3 is 46.9 Å². The average molecular weight is 1650 g/mol. The molecule has 2 saturated heterocycles. The summed E-state index contributed by atoms with van der Waals surface area (Å²) in [5, 5.41) is 38.7. The Labute approximate surface area is 635 Å². The number of hydrogen-bond donors (Lipinski definition) is 2. The molecule has 103 heavy (non-hydrogen) atoms. The summed E-state index contributed by atoms with van der Waals surface area (Å²) in [6.07, 6.45) is 5.59. The summed E-state index contributed by atoms with van der Waals surface area (Å²) in [5.41, 5.74) is 0.721. The van der Waals surface area contributed by atoms with Gasteiger partial charge in [-0.05, 0) is 112 Å². The Morgan fingerprint density at radius 1 is 0.553 bits per heavy atom. The molecule has 12 aromatic rings. The molecule has 8 aromatic carbocycles. The van der Waals surface area contributed by atoms with Gasteiger partial charge in [0, 0.05) is 50.1 Å². The number of carbonyl (C=O) groups is 4. The second kappa shape index (κ2) is 38.8. The van der Waals surface area contributed by atoms with Crippen molar-refractivity contribution in [3.8, 4) is 35.6 Å². The van der Waals surface area contributed by atoms with Crippen molar-refractivity contribution in [1.82, 2.24) is 39.3 Å². The van der Waals surface area contributed by atoms with Gasteiger partial charge in [0.05, 0.1) is 34.6 Å². The molecular formula is C79H75BrCl2N8O8P2PdS2. The molecule has 4 aromatic heterocycles. The van der Waals surface area contributed by atoms with Crippen LogP contribution in [0.1, 0.15) is 70.7 Å². The zero-order valence-corrected chi connectivity index (χ0v) is 64.4. The number of aliphatic hydroxyl groups is 2. The number of hydrogen-bond acceptors (Lipinski definition) is 14. The van der Waals surface area contributed by atoms with Gasteiger partial charge in [0.25, 0.3) is 11.8 Å². The van der Waals surface area contributed by atoms with Gasteiger partial charge in [-0.25, -0.2) is 28.9 Å². The summed E-state index contributed by atoms with van der Waals surface area (Å²) in [6.45, 7) is 8.88. The van der Waals surface area contributed by atoms with E-state index in [4.69, 9.17) is 35.0 Å². The summed E-state index contributed by atoms with van der Waals surface area (Å²) >= 11 is 6.16. The summed E-state index contributed by atoms with van der Waals surface area (Å²) in [6, 6.07) is 79.5. The summed E-state index contributed by atoms with van der Waals surface area (Å²) in [5.74, 6) is 6.02. The third-order valence-electron chi connectivity index (χ3n) is 15.5. The maximum Gasteiger partial charge on any atom is -0.0134 e. The standard InChI is InChI=1S/C21H20N4O4S.2C18H15P.C14H12BrN3O2S.C7H9NO2.CH4.2ClH.Pd/c1-4-29-19(26)16-17-18(22-13(2)30-17)25(23-16)15-7-5-6-14(12-15)8-9-21(28)10-11-24(3)20(21)27;2*1-4-10-16(11-5-1)19(17-12-6-2-7-13-17)18-14-8-3-9-15-18;1-3-20-14(19)11-12-13(16-8(2)21-12)18(17-11)10-6-4-5-9(15)7-10;1-3-7(10)4-5-8(2)6(7)9;;;;/h5-7,12,28H,4,10-11H2,1-3H3;2*1-15H;4-7H,3H2,1-2H3;1,10H,4-5H2,2H3;1H4;2*1H;/q;;;;;;;;+2/p-2/t21-;;;;7-;;;;/m0...0..../s1. The van der Waals surface area contributed by atoms with E-state index >= 15 is 0 Å². The van der Waals surface area contributed by atoms with Gasteiger partial charge < -0.3 is 29.5 Å². The quantitative estimate of drug-likeness (QED) is 0.0509. The molecule has 16 nitrogen and oxygen atoms in total. The molecule has 0 aliphatic carbocycles. The van der Waals surface area contributed by atoms with Crippen molar-refractivity contribution in [3.63, 3.8) is 0 Å². The SMILES string of the molecule is C.C#C[C@]1(O)CCN(C)C1=O.CCOC(=O)c1nn(-c2cccc(Br)c2)c2nc(C)sc12.CCOC(=O)c1nn(-c2cccc(C#C[C@]3(O)CCN(C)C3=O)c2)c2nc(C)sc12.[Cl][Pd][Cl].c1ccc(P(c2ccccc2)c2ccccc2)cc1.c1ccc(P(c2ccccc2)c2ccccc2)cc1. The van der Waals surface area contributed by atoms with Crippen LogP contribution < -0.4 is 31.8 Å². The van der Waals surface area contributed by atoms with E-state index in [1.165, 1.54) is 64.3 Å². The number of fused-ring (bicyclic) bond motifs is 2. The van der Waals surface area contributed by atoms with Gasteiger partial charge in [-0.3, -0.25) is 9.59 Å². The Morgan fingerprint density at radius 3 is 1.18 bits per heavy atom. The van der Waals surface area contributed by atoms with E-state index in [9.17, 15) is 29.4 Å². The fourth-order valence-corrected chi connectivity index (χ4v) is 17.4. The van der Waals surface area contributed by atoms with E-state index in [1.54, 1.807) is 55.5 Å². The van der Waals surface area contributed by atoms with Gasteiger partial charge in [0.15, 0.2) is 22.7 Å². The molecule has 0 radical (unpaired) electrons. The van der Waals surface area contributed by atoms with Gasteiger partial charge in [-0.15, -0.1) is 29.1 Å². The summed E-state index contributed by atoms with van der Waals surface area (Å²) in [7, 11) is 12.0. The fourth-order valence-electron chi connectivity index (χ4n) is 10.7. The molecule has 2 N–H and O–H groups in total. The zero-order valence-electron chi connectivity index (χ0n) is 56.3. The predicted molar refractivity (Wildman–Crippen MR) is 421 cm³/mol. The Balaban J connectivity index is 0.000000166. The van der Waals surface area contributed by atoms with Crippen molar-refractivity contribution in [2.75, 3.05) is 40.4 Å². The first-order valence-electron chi connectivity index (χ1n) is 32.0. The topological polar surface area (TPSA) is 195 Å². The van der Waals surface area contributed by atoms with Crippen molar-refractivity contribution < 1.29 is 54.8 Å². The zero-order chi connectivity index (χ0) is 72.8. The van der Waals surface area contributed by atoms with Crippen LogP contribution in [0, 0.1) is 38.0 Å². The minimum Gasteiger partial charge on any atom is -0.0622 e. The first-order valence-corrected chi connectivity index (χ1v) is 41.1. The molecule has 0 spiro atoms. The number of carbonyl (C=O) groups excluding carboxylic acids is 4. The van der Waals surface area contributed by atoms with Crippen LogP contribution in [0.15, 0.2) is 235 Å². The minimum atomic E-state index is -1.66. The molecule has 0 bridgehead atoms. The molecule has 2 aliphatic heterocycles. The third kappa shape index (κ3) is 20.7. The number of aromatic nitrogens is 6. The molecule has 2 amide bonds. The number of amides is 2. The first kappa shape index (κ1) is 80.2. The molecule has 532 valence electrons. The maximum atomic E-state index is 12.3. The van der Waals surface area contributed by atoms with E-state index in [1.807, 2.05) is 44.2 Å². The minimum absolute atomic E-state index is 0. The Bertz CT molecular complexity index is 4590. The van der Waals surface area contributed by atoms with Gasteiger partial charge in [0.2, 0.25) is 11.2 Å². The van der Waals surface area contributed by atoms with Crippen LogP contribution in [0.4, 0.5) is 0 Å². The second-order valence-corrected chi connectivity index (χ2v) is 32.7. The van der Waals surface area contributed by atoms with Crippen LogP contribution in [0.3, 0.4) is 0 Å². The average Bonchev–Trinajstić information content (AvgIpc) is 1.62. The maximum absolute atomic E-state index is 12.3. The van der Waals surface area contributed by atoms with Crippen molar-refractivity contribution in [2.45, 2.75) is 59.2 Å². The predicted octanol–water partition coefficient (Wildman–Crippen LogP) is 13.8. The van der Waals surface area contributed by atoms with Crippen LogP contribution in [-0.4, -0.2) is 125 Å². The van der Waals surface area contributed by atoms with Gasteiger partial charge in [-0.1, -0.05) is 235 Å². The number of benzene rings is 8. The Kier molecular flexibility index (Phi) is 30.2. The third-order valence-corrected chi connectivity index (χ3v) is 22.8. The molecule has 2 aliphatic rings. The molecule has 24 heteroatoms. The van der Waals surface area contributed by atoms with Crippen molar-refractivity contribution in [3.05, 3.63) is 262 Å². The van der Waals surface area contributed by atoms with Crippen molar-refractivity contribution >= 4 is 150 Å². The van der Waals surface area contributed by atoms with Crippen molar-refractivity contribution in [1.29, 1.82) is 0 Å². The molecule has 2 fully saturated rings. The number of ether oxygens (including phenoxy) is 2. The molecule has 6 heterocycles. The van der Waals surface area contributed by atoms with Gasteiger partial charge in [-0.2, -0.15) is 10.2 Å². The molecule has 14 rings (SSSR count). The Morgan fingerprint density at radius 2 is 0.883 bits per heavy atom. The number of likely N-dealkylation sites (tertiary alicyclic amines) is 2. The van der Waals surface area contributed by atoms with Crippen LogP contribution >= 0.6 is 73.5 Å². The number of thiazole rings is 2. The van der Waals surface area contributed by atoms with Gasteiger partial charge in [0.1, 0.15) is 9.40 Å². The number of esters is 2. The molecular weight excluding hydrogens is 1570 g/mol. The normalized spacial score (nSPS) is 14.9. The van der Waals surface area contributed by atoms with Crippen LogP contribution in [0.5, 0.6) is 0 Å². The number of halogens is 3. The van der Waals surface area contributed by atoms with Crippen LogP contribution in [0.2, 0.25) is 0 Å². The van der Waals surface area contributed by atoms with E-state index in [0.29, 0.717) is 59.1 Å². The number of aryl methyl sites for hydroxylation is 2. The smallest absolute Gasteiger partial charge is 0.0134 e. The molecule has 2 atom stereocenters. The van der Waals surface area contributed by atoms with Crippen LogP contribution in [-0.2, 0) is 35.0 Å². The number of rotatable bonds is 12. The van der Waals surface area contributed by atoms with E-state index in [-0.39, 0.29) is 48.0 Å². The second-order valence-electron chi connectivity index (χ2n) is 22.6. The number of terminal acetylenes is 1. The number of likely N-dealkylation sites (N-methyl/N-ethyl adjacent to an activating group) is 2. The largest absolute Gasteiger partial charge is 0.0622 e. The first-order chi connectivity index (χ1) is 49.3. The Hall–Kier alpha value is -8.54. The van der Waals surface area contributed by atoms with E-state index < -0.39 is 44.9 Å². The fraction of sp³-hybridized carbons (Fsp3) is 0.190. The van der Waals surface area contributed by atoms with Crippen molar-refractivity contribution in [2.24, 2.45) is 0 Å². The monoisotopic (exact) mass is 1640 g/mol. The van der Waals surface area contributed by atoms with E-state index in [2.05, 4.69) is 236 Å². The number of nitrogens with zero attached hydrogens (tertiary/aromatic N) is 8. The van der Waals surface area contributed by atoms with E-state index in [0.717, 1.165) is 24.9 Å². The molecule has 0 unspecified atom stereocenters.